The van der Waals surface area contributed by atoms with E-state index in [-0.39, 0.29) is 6.42 Å². The first-order chi connectivity index (χ1) is 4.52. The summed E-state index contributed by atoms with van der Waals surface area (Å²) in [7, 11) is 3.30. The maximum absolute atomic E-state index is 11.9. The Morgan fingerprint density at radius 2 is 2.00 bits per heavy atom. The van der Waals surface area contributed by atoms with Gasteiger partial charge >= 0.3 is 6.18 Å². The second-order valence-electron chi connectivity index (χ2n) is 2.51. The van der Waals surface area contributed by atoms with E-state index in [2.05, 4.69) is 7.05 Å². The van der Waals surface area contributed by atoms with Crippen LogP contribution in [0.3, 0.4) is 0 Å². The Bertz CT molecular complexity index is 121. The molecule has 0 N–H and O–H groups in total. The maximum atomic E-state index is 11.9. The van der Waals surface area contributed by atoms with Crippen LogP contribution < -0.4 is 0 Å². The SMILES string of the molecule is [CH2-]N1CCC[C@H]1C(F)(F)F. The van der Waals surface area contributed by atoms with Crippen molar-refractivity contribution in [3.8, 4) is 0 Å². The minimum Gasteiger partial charge on any atom is -0.449 e. The van der Waals surface area contributed by atoms with Gasteiger partial charge in [-0.25, -0.2) is 0 Å². The predicted molar refractivity (Wildman–Crippen MR) is 31.1 cm³/mol. The van der Waals surface area contributed by atoms with Gasteiger partial charge in [0.1, 0.15) is 0 Å². The van der Waals surface area contributed by atoms with Gasteiger partial charge in [0, 0.05) is 0 Å². The number of hydrogen-bond donors (Lipinski definition) is 0. The lowest BCUT2D eigenvalue weighted by Gasteiger charge is -2.28. The van der Waals surface area contributed by atoms with Gasteiger partial charge in [0.15, 0.2) is 0 Å². The van der Waals surface area contributed by atoms with Gasteiger partial charge in [-0.05, 0) is 19.4 Å². The lowest BCUT2D eigenvalue weighted by Crippen LogP contribution is -2.37. The summed E-state index contributed by atoms with van der Waals surface area (Å²) in [5.41, 5.74) is 0. The second-order valence-corrected chi connectivity index (χ2v) is 2.51. The molecule has 1 fully saturated rings. The van der Waals surface area contributed by atoms with Gasteiger partial charge in [0.2, 0.25) is 0 Å². The Labute approximate surface area is 57.8 Å². The van der Waals surface area contributed by atoms with E-state index in [0.29, 0.717) is 13.0 Å². The summed E-state index contributed by atoms with van der Waals surface area (Å²) < 4.78 is 35.8. The lowest BCUT2D eigenvalue weighted by atomic mass is 10.2. The normalized spacial score (nSPS) is 29.4. The summed E-state index contributed by atoms with van der Waals surface area (Å²) in [6.07, 6.45) is -3.28. The van der Waals surface area contributed by atoms with Crippen LogP contribution in [0.25, 0.3) is 0 Å². The molecular weight excluding hydrogens is 143 g/mol. The first-order valence-corrected chi connectivity index (χ1v) is 3.15. The minimum atomic E-state index is -4.09. The zero-order valence-corrected chi connectivity index (χ0v) is 5.49. The summed E-state index contributed by atoms with van der Waals surface area (Å²) in [5.74, 6) is 0. The van der Waals surface area contributed by atoms with E-state index >= 15 is 0 Å². The van der Waals surface area contributed by atoms with E-state index in [0.717, 1.165) is 4.90 Å². The molecule has 0 spiro atoms. The van der Waals surface area contributed by atoms with E-state index in [4.69, 9.17) is 0 Å². The molecule has 0 aromatic heterocycles. The lowest BCUT2D eigenvalue weighted by molar-refractivity contribution is -0.170. The number of alkyl halides is 3. The highest BCUT2D eigenvalue weighted by molar-refractivity contribution is 4.83. The van der Waals surface area contributed by atoms with Crippen LogP contribution in [0.2, 0.25) is 0 Å². The number of rotatable bonds is 0. The van der Waals surface area contributed by atoms with Crippen molar-refractivity contribution in [2.45, 2.75) is 25.1 Å². The van der Waals surface area contributed by atoms with Gasteiger partial charge in [0.25, 0.3) is 0 Å². The van der Waals surface area contributed by atoms with E-state index in [1.54, 1.807) is 0 Å². The molecule has 0 saturated carbocycles. The fourth-order valence-corrected chi connectivity index (χ4v) is 1.20. The van der Waals surface area contributed by atoms with E-state index in [1.807, 2.05) is 0 Å². The molecule has 0 bridgehead atoms. The number of halogens is 3. The zero-order chi connectivity index (χ0) is 7.78. The third kappa shape index (κ3) is 1.42. The van der Waals surface area contributed by atoms with Crippen molar-refractivity contribution in [3.05, 3.63) is 7.05 Å². The molecule has 1 saturated heterocycles. The third-order valence-electron chi connectivity index (χ3n) is 1.74. The molecule has 0 aromatic rings. The average molecular weight is 152 g/mol. The smallest absolute Gasteiger partial charge is 0.401 e. The van der Waals surface area contributed by atoms with Gasteiger partial charge in [-0.1, -0.05) is 0 Å². The molecule has 0 radical (unpaired) electrons. The van der Waals surface area contributed by atoms with Crippen LogP contribution in [0.15, 0.2) is 0 Å². The van der Waals surface area contributed by atoms with Crippen LogP contribution in [0.1, 0.15) is 12.8 Å². The maximum Gasteiger partial charge on any atom is 0.401 e. The molecule has 60 valence electrons. The van der Waals surface area contributed by atoms with Crippen molar-refractivity contribution in [2.75, 3.05) is 6.54 Å². The summed E-state index contributed by atoms with van der Waals surface area (Å²) in [6.45, 7) is 0.462. The molecule has 0 aromatic carbocycles. The summed E-state index contributed by atoms with van der Waals surface area (Å²) in [6, 6.07) is -1.30. The predicted octanol–water partition coefficient (Wildman–Crippen LogP) is 1.80. The standard InChI is InChI=1S/C6H9F3N/c1-10-4-2-3-5(10)6(7,8)9/h5H,1-4H2/q-1/t5-/m0/s1. The van der Waals surface area contributed by atoms with Crippen molar-refractivity contribution in [1.82, 2.24) is 4.90 Å². The Morgan fingerprint density at radius 3 is 2.20 bits per heavy atom. The Kier molecular flexibility index (Phi) is 1.90. The molecule has 0 aliphatic carbocycles. The molecule has 1 atom stereocenters. The first-order valence-electron chi connectivity index (χ1n) is 3.15. The highest BCUT2D eigenvalue weighted by atomic mass is 19.4. The molecule has 1 nitrogen and oxygen atoms in total. The fourth-order valence-electron chi connectivity index (χ4n) is 1.20. The van der Waals surface area contributed by atoms with Crippen molar-refractivity contribution in [1.29, 1.82) is 0 Å². The van der Waals surface area contributed by atoms with Crippen molar-refractivity contribution >= 4 is 0 Å². The van der Waals surface area contributed by atoms with Gasteiger partial charge in [0.05, 0.1) is 6.04 Å². The topological polar surface area (TPSA) is 3.24 Å². The summed E-state index contributed by atoms with van der Waals surface area (Å²) in [5, 5.41) is 0. The monoisotopic (exact) mass is 152 g/mol. The highest BCUT2D eigenvalue weighted by Gasteiger charge is 2.41. The van der Waals surface area contributed by atoms with Gasteiger partial charge in [-0.2, -0.15) is 13.2 Å². The van der Waals surface area contributed by atoms with Crippen LogP contribution in [-0.4, -0.2) is 23.7 Å². The number of hydrogen-bond acceptors (Lipinski definition) is 1. The van der Waals surface area contributed by atoms with Gasteiger partial charge in [-0.3, -0.25) is 7.05 Å². The third-order valence-corrected chi connectivity index (χ3v) is 1.74. The first kappa shape index (κ1) is 7.85. The van der Waals surface area contributed by atoms with Gasteiger partial charge < -0.3 is 4.90 Å². The quantitative estimate of drug-likeness (QED) is 0.478. The van der Waals surface area contributed by atoms with Crippen molar-refractivity contribution in [3.63, 3.8) is 0 Å². The molecule has 4 heteroatoms. The summed E-state index contributed by atoms with van der Waals surface area (Å²) in [4.78, 5) is 1.11. The Balaban J connectivity index is 2.55. The van der Waals surface area contributed by atoms with Crippen molar-refractivity contribution < 1.29 is 13.2 Å². The van der Waals surface area contributed by atoms with Gasteiger partial charge in [-0.15, -0.1) is 0 Å². The van der Waals surface area contributed by atoms with Crippen LogP contribution >= 0.6 is 0 Å². The molecule has 0 unspecified atom stereocenters. The van der Waals surface area contributed by atoms with Crippen LogP contribution in [0, 0.1) is 7.05 Å². The molecular formula is C6H9F3N-. The Hall–Kier alpha value is -0.250. The number of likely N-dealkylation sites (tertiary alicyclic amines) is 1. The van der Waals surface area contributed by atoms with E-state index in [9.17, 15) is 13.2 Å². The number of nitrogens with zero attached hydrogens (tertiary/aromatic N) is 1. The van der Waals surface area contributed by atoms with Crippen molar-refractivity contribution in [2.24, 2.45) is 0 Å². The molecule has 0 amide bonds. The van der Waals surface area contributed by atoms with Crippen LogP contribution in [-0.2, 0) is 0 Å². The van der Waals surface area contributed by atoms with E-state index < -0.39 is 12.2 Å². The fraction of sp³-hybridized carbons (Fsp3) is 0.833. The molecule has 1 aliphatic heterocycles. The summed E-state index contributed by atoms with van der Waals surface area (Å²) >= 11 is 0. The molecule has 10 heavy (non-hydrogen) atoms. The zero-order valence-electron chi connectivity index (χ0n) is 5.49. The highest BCUT2D eigenvalue weighted by Crippen LogP contribution is 2.31. The van der Waals surface area contributed by atoms with Crippen LogP contribution in [0.4, 0.5) is 13.2 Å². The van der Waals surface area contributed by atoms with Crippen LogP contribution in [0.5, 0.6) is 0 Å². The second kappa shape index (κ2) is 2.42. The average Bonchev–Trinajstić information content (AvgIpc) is 2.11. The molecule has 1 aliphatic rings. The largest absolute Gasteiger partial charge is 0.449 e. The molecule has 1 heterocycles. The molecule has 1 rings (SSSR count). The Morgan fingerprint density at radius 1 is 1.40 bits per heavy atom. The minimum absolute atomic E-state index is 0.201. The van der Waals surface area contributed by atoms with E-state index in [1.165, 1.54) is 0 Å².